The van der Waals surface area contributed by atoms with Crippen LogP contribution in [0.1, 0.15) is 55.2 Å². The van der Waals surface area contributed by atoms with E-state index >= 15 is 4.39 Å². The molecule has 3 rings (SSSR count). The normalized spacial score (nSPS) is 20.7. The van der Waals surface area contributed by atoms with Gasteiger partial charge in [-0.1, -0.05) is 55.3 Å². The molecule has 146 valence electrons. The summed E-state index contributed by atoms with van der Waals surface area (Å²) in [5.74, 6) is -1.63. The maximum absolute atomic E-state index is 15.0. The molecule has 0 radical (unpaired) electrons. The van der Waals surface area contributed by atoms with Crippen LogP contribution in [0.15, 0.2) is 36.4 Å². The quantitative estimate of drug-likeness (QED) is 0.525. The van der Waals surface area contributed by atoms with Gasteiger partial charge >= 0.3 is 6.18 Å². The van der Waals surface area contributed by atoms with Crippen molar-refractivity contribution in [3.8, 4) is 11.1 Å². The average molecular weight is 380 g/mol. The lowest BCUT2D eigenvalue weighted by atomic mass is 9.85. The van der Waals surface area contributed by atoms with Gasteiger partial charge in [0.2, 0.25) is 0 Å². The molecule has 1 nitrogen and oxygen atoms in total. The van der Waals surface area contributed by atoms with Crippen molar-refractivity contribution < 1.29 is 22.3 Å². The molecule has 1 aliphatic rings. The molecule has 2 atom stereocenters. The number of hydrogen-bond donors (Lipinski definition) is 0. The number of halogens is 4. The molecule has 0 saturated carbocycles. The Balaban J connectivity index is 1.98. The molecule has 0 bridgehead atoms. The van der Waals surface area contributed by atoms with Gasteiger partial charge in [0, 0.05) is 11.5 Å². The minimum atomic E-state index is -4.75. The highest BCUT2D eigenvalue weighted by atomic mass is 19.4. The standard InChI is InChI=1S/C22H24F4O/c1-3-4-17-10-9-16(13-27-17)18-11-12-19(15-7-5-14(2)6-8-15)21(23)20(18)22(24,25)26/h5-8,11-12,16-17H,3-4,9-10,13H2,1-2H3. The molecule has 2 aromatic rings. The Kier molecular flexibility index (Phi) is 5.89. The van der Waals surface area contributed by atoms with Crippen LogP contribution in [0.25, 0.3) is 11.1 Å². The molecule has 0 N–H and O–H groups in total. The number of benzene rings is 2. The zero-order valence-electron chi connectivity index (χ0n) is 15.6. The molecule has 1 aliphatic heterocycles. The van der Waals surface area contributed by atoms with Crippen LogP contribution in [0, 0.1) is 12.7 Å². The van der Waals surface area contributed by atoms with Crippen LogP contribution in [-0.2, 0) is 10.9 Å². The Bertz CT molecular complexity index is 772. The van der Waals surface area contributed by atoms with Crippen molar-refractivity contribution in [2.24, 2.45) is 0 Å². The maximum atomic E-state index is 15.0. The summed E-state index contributed by atoms with van der Waals surface area (Å²) in [5, 5.41) is 0. The van der Waals surface area contributed by atoms with E-state index in [0.29, 0.717) is 18.4 Å². The summed E-state index contributed by atoms with van der Waals surface area (Å²) in [7, 11) is 0. The Morgan fingerprint density at radius 2 is 1.74 bits per heavy atom. The first-order chi connectivity index (χ1) is 12.8. The van der Waals surface area contributed by atoms with Gasteiger partial charge in [-0.2, -0.15) is 13.2 Å². The molecule has 0 amide bonds. The SMILES string of the molecule is CCCC1CCC(c2ccc(-c3ccc(C)cc3)c(F)c2C(F)(F)F)CO1. The first-order valence-electron chi connectivity index (χ1n) is 9.39. The summed E-state index contributed by atoms with van der Waals surface area (Å²) in [6.45, 7) is 4.13. The average Bonchev–Trinajstić information content (AvgIpc) is 2.62. The molecule has 1 fully saturated rings. The first kappa shape index (κ1) is 19.9. The van der Waals surface area contributed by atoms with Gasteiger partial charge in [0.1, 0.15) is 5.82 Å². The lowest BCUT2D eigenvalue weighted by Crippen LogP contribution is -2.26. The van der Waals surface area contributed by atoms with Gasteiger partial charge < -0.3 is 4.74 Å². The molecule has 1 saturated heterocycles. The fraction of sp³-hybridized carbons (Fsp3) is 0.455. The Labute approximate surface area is 157 Å². The Morgan fingerprint density at radius 3 is 2.30 bits per heavy atom. The molecule has 0 aliphatic carbocycles. The molecule has 1 heterocycles. The van der Waals surface area contributed by atoms with Crippen molar-refractivity contribution in [3.05, 3.63) is 58.9 Å². The van der Waals surface area contributed by atoms with Crippen LogP contribution in [0.3, 0.4) is 0 Å². The summed E-state index contributed by atoms with van der Waals surface area (Å²) < 4.78 is 62.0. The molecular formula is C22H24F4O. The van der Waals surface area contributed by atoms with Gasteiger partial charge in [-0.25, -0.2) is 4.39 Å². The van der Waals surface area contributed by atoms with Crippen LogP contribution in [-0.4, -0.2) is 12.7 Å². The molecule has 2 unspecified atom stereocenters. The Hall–Kier alpha value is -1.88. The number of ether oxygens (including phenoxy) is 1. The molecule has 0 spiro atoms. The minimum absolute atomic E-state index is 0.00538. The zero-order valence-corrected chi connectivity index (χ0v) is 15.6. The predicted molar refractivity (Wildman–Crippen MR) is 98.2 cm³/mol. The lowest BCUT2D eigenvalue weighted by molar-refractivity contribution is -0.141. The fourth-order valence-corrected chi connectivity index (χ4v) is 3.78. The smallest absolute Gasteiger partial charge is 0.378 e. The molecular weight excluding hydrogens is 356 g/mol. The largest absolute Gasteiger partial charge is 0.419 e. The van der Waals surface area contributed by atoms with E-state index in [2.05, 4.69) is 6.92 Å². The fourth-order valence-electron chi connectivity index (χ4n) is 3.78. The monoisotopic (exact) mass is 380 g/mol. The second-order valence-electron chi connectivity index (χ2n) is 7.27. The van der Waals surface area contributed by atoms with Crippen molar-refractivity contribution in [2.45, 2.75) is 57.7 Å². The number of rotatable bonds is 4. The van der Waals surface area contributed by atoms with Crippen LogP contribution >= 0.6 is 0 Å². The van der Waals surface area contributed by atoms with E-state index in [1.807, 2.05) is 6.92 Å². The topological polar surface area (TPSA) is 9.23 Å². The van der Waals surface area contributed by atoms with Gasteiger partial charge in [0.25, 0.3) is 0 Å². The second-order valence-corrected chi connectivity index (χ2v) is 7.27. The maximum Gasteiger partial charge on any atom is 0.419 e. The van der Waals surface area contributed by atoms with Crippen molar-refractivity contribution in [1.82, 2.24) is 0 Å². The summed E-state index contributed by atoms with van der Waals surface area (Å²) in [5.41, 5.74) is 0.242. The van der Waals surface area contributed by atoms with Crippen LogP contribution < -0.4 is 0 Å². The van der Waals surface area contributed by atoms with E-state index in [4.69, 9.17) is 4.74 Å². The van der Waals surface area contributed by atoms with Crippen molar-refractivity contribution in [1.29, 1.82) is 0 Å². The van der Waals surface area contributed by atoms with Gasteiger partial charge in [0.05, 0.1) is 18.3 Å². The van der Waals surface area contributed by atoms with Crippen molar-refractivity contribution >= 4 is 0 Å². The van der Waals surface area contributed by atoms with E-state index in [1.165, 1.54) is 12.1 Å². The second kappa shape index (κ2) is 8.01. The summed E-state index contributed by atoms with van der Waals surface area (Å²) in [6.07, 6.45) is -1.49. The summed E-state index contributed by atoms with van der Waals surface area (Å²) in [6, 6.07) is 9.70. The van der Waals surface area contributed by atoms with Gasteiger partial charge in [0.15, 0.2) is 0 Å². The van der Waals surface area contributed by atoms with Gasteiger partial charge in [-0.3, -0.25) is 0 Å². The van der Waals surface area contributed by atoms with Crippen molar-refractivity contribution in [3.63, 3.8) is 0 Å². The zero-order chi connectivity index (χ0) is 19.6. The highest BCUT2D eigenvalue weighted by Gasteiger charge is 2.40. The molecule has 5 heteroatoms. The molecule has 2 aromatic carbocycles. The summed E-state index contributed by atoms with van der Waals surface area (Å²) in [4.78, 5) is 0. The van der Waals surface area contributed by atoms with E-state index in [9.17, 15) is 13.2 Å². The number of aryl methyl sites for hydroxylation is 1. The minimum Gasteiger partial charge on any atom is -0.378 e. The molecule has 27 heavy (non-hydrogen) atoms. The molecule has 0 aromatic heterocycles. The Morgan fingerprint density at radius 1 is 1.04 bits per heavy atom. The highest BCUT2D eigenvalue weighted by Crippen LogP contribution is 2.43. The lowest BCUT2D eigenvalue weighted by Gasteiger charge is -2.31. The van der Waals surface area contributed by atoms with E-state index in [1.54, 1.807) is 24.3 Å². The van der Waals surface area contributed by atoms with E-state index in [-0.39, 0.29) is 23.8 Å². The van der Waals surface area contributed by atoms with Crippen LogP contribution in [0.5, 0.6) is 0 Å². The van der Waals surface area contributed by atoms with Gasteiger partial charge in [-0.05, 0) is 37.3 Å². The van der Waals surface area contributed by atoms with Crippen LogP contribution in [0.2, 0.25) is 0 Å². The summed E-state index contributed by atoms with van der Waals surface area (Å²) >= 11 is 0. The highest BCUT2D eigenvalue weighted by molar-refractivity contribution is 5.66. The van der Waals surface area contributed by atoms with E-state index in [0.717, 1.165) is 18.4 Å². The van der Waals surface area contributed by atoms with Gasteiger partial charge in [-0.15, -0.1) is 0 Å². The third-order valence-electron chi connectivity index (χ3n) is 5.24. The predicted octanol–water partition coefficient (Wildman–Crippen LogP) is 6.88. The first-order valence-corrected chi connectivity index (χ1v) is 9.39. The number of alkyl halides is 3. The van der Waals surface area contributed by atoms with Crippen molar-refractivity contribution in [2.75, 3.05) is 6.61 Å². The van der Waals surface area contributed by atoms with Crippen LogP contribution in [0.4, 0.5) is 17.6 Å². The number of hydrogen-bond acceptors (Lipinski definition) is 1. The van der Waals surface area contributed by atoms with E-state index < -0.39 is 23.5 Å². The third kappa shape index (κ3) is 4.34. The third-order valence-corrected chi connectivity index (χ3v) is 5.24.